The predicted octanol–water partition coefficient (Wildman–Crippen LogP) is 7.39. The maximum absolute atomic E-state index is 12.7. The molecule has 1 N–H and O–H groups in total. The smallest absolute Gasteiger partial charge is 0.453 e. The molecular weight excluding hydrogens is 417 g/mol. The zero-order valence-corrected chi connectivity index (χ0v) is 17.6. The minimum absolute atomic E-state index is 0.222. The lowest BCUT2D eigenvalue weighted by Gasteiger charge is -2.33. The van der Waals surface area contributed by atoms with E-state index in [0.717, 1.165) is 17.7 Å². The number of nitrogens with one attached hydrogen (secondary N) is 1. The highest BCUT2D eigenvalue weighted by Gasteiger charge is 2.32. The number of alkyl halides is 3. The van der Waals surface area contributed by atoms with E-state index in [-0.39, 0.29) is 17.1 Å². The van der Waals surface area contributed by atoms with Crippen molar-refractivity contribution in [2.45, 2.75) is 39.0 Å². The number of ether oxygens (including phenoxy) is 1. The Bertz CT molecular complexity index is 1180. The second-order valence-electron chi connectivity index (χ2n) is 8.42. The molecule has 2 aliphatic rings. The Morgan fingerprint density at radius 1 is 1.09 bits per heavy atom. The molecule has 3 aromatic rings. The van der Waals surface area contributed by atoms with Crippen LogP contribution in [0, 0.1) is 11.8 Å². The normalized spacial score (nSPS) is 19.3. The number of imidazole rings is 1. The van der Waals surface area contributed by atoms with Gasteiger partial charge in [0.25, 0.3) is 0 Å². The molecule has 0 aliphatic heterocycles. The van der Waals surface area contributed by atoms with Gasteiger partial charge < -0.3 is 14.1 Å². The van der Waals surface area contributed by atoms with Crippen molar-refractivity contribution >= 4 is 5.57 Å². The fraction of sp³-hybridized carbons (Fsp3) is 0.320. The maximum Gasteiger partial charge on any atom is 0.573 e. The molecule has 0 radical (unpaired) electrons. The van der Waals surface area contributed by atoms with Crippen LogP contribution >= 0.6 is 0 Å². The van der Waals surface area contributed by atoms with Crippen LogP contribution in [0.25, 0.3) is 28.5 Å². The molecule has 166 valence electrons. The molecular formula is C25H23F3N2O2. The van der Waals surface area contributed by atoms with Crippen LogP contribution in [-0.2, 0) is 0 Å². The van der Waals surface area contributed by atoms with Crippen LogP contribution in [0.15, 0.2) is 64.7 Å². The molecule has 1 saturated carbocycles. The number of benzene rings is 1. The first-order valence-electron chi connectivity index (χ1n) is 10.8. The van der Waals surface area contributed by atoms with Crippen LogP contribution < -0.4 is 4.74 Å². The minimum atomic E-state index is -4.78. The second kappa shape index (κ2) is 8.04. The summed E-state index contributed by atoms with van der Waals surface area (Å²) in [6, 6.07) is 9.21. The highest BCUT2D eigenvalue weighted by molar-refractivity contribution is 5.75. The third-order valence-electron chi connectivity index (χ3n) is 6.26. The van der Waals surface area contributed by atoms with E-state index in [4.69, 9.17) is 4.42 Å². The summed E-state index contributed by atoms with van der Waals surface area (Å²) in [5.41, 5.74) is 3.77. The van der Waals surface area contributed by atoms with Gasteiger partial charge in [0.1, 0.15) is 11.5 Å². The number of hydrogen-bond donors (Lipinski definition) is 1. The minimum Gasteiger partial charge on any atom is -0.453 e. The van der Waals surface area contributed by atoms with E-state index >= 15 is 0 Å². The highest BCUT2D eigenvalue weighted by atomic mass is 19.4. The van der Waals surface area contributed by atoms with Gasteiger partial charge in [0.05, 0.1) is 17.5 Å². The van der Waals surface area contributed by atoms with Crippen LogP contribution in [0.1, 0.15) is 38.3 Å². The quantitative estimate of drug-likeness (QED) is 0.450. The number of H-pyrrole nitrogens is 1. The van der Waals surface area contributed by atoms with E-state index in [1.54, 1.807) is 24.4 Å². The summed E-state index contributed by atoms with van der Waals surface area (Å²) in [6.45, 7) is 2.28. The number of allylic oxidation sites excluding steroid dienone is 4. The average Bonchev–Trinajstić information content (AvgIpc) is 3.37. The first-order valence-corrected chi connectivity index (χ1v) is 10.8. The molecule has 32 heavy (non-hydrogen) atoms. The molecule has 0 bridgehead atoms. The molecule has 7 heteroatoms. The summed E-state index contributed by atoms with van der Waals surface area (Å²) in [7, 11) is 0. The van der Waals surface area contributed by atoms with Crippen LogP contribution in [0.4, 0.5) is 13.2 Å². The Hall–Kier alpha value is -3.22. The van der Waals surface area contributed by atoms with E-state index in [9.17, 15) is 13.2 Å². The van der Waals surface area contributed by atoms with Crippen molar-refractivity contribution in [1.29, 1.82) is 0 Å². The third kappa shape index (κ3) is 4.11. The number of para-hydroxylation sites is 1. The van der Waals surface area contributed by atoms with E-state index < -0.39 is 6.36 Å². The number of rotatable bonds is 5. The largest absolute Gasteiger partial charge is 0.573 e. The van der Waals surface area contributed by atoms with Crippen LogP contribution in [0.5, 0.6) is 5.75 Å². The van der Waals surface area contributed by atoms with E-state index in [1.807, 2.05) is 0 Å². The van der Waals surface area contributed by atoms with Crippen molar-refractivity contribution < 1.29 is 22.3 Å². The van der Waals surface area contributed by atoms with E-state index in [0.29, 0.717) is 23.4 Å². The van der Waals surface area contributed by atoms with Gasteiger partial charge in [-0.05, 0) is 60.9 Å². The van der Waals surface area contributed by atoms with Crippen LogP contribution in [0.3, 0.4) is 0 Å². The molecule has 0 amide bonds. The maximum atomic E-state index is 12.7. The Labute approximate surface area is 183 Å². The van der Waals surface area contributed by atoms with Gasteiger partial charge in [0.2, 0.25) is 0 Å². The molecule has 2 aromatic heterocycles. The lowest BCUT2D eigenvalue weighted by Crippen LogP contribution is -2.19. The van der Waals surface area contributed by atoms with Gasteiger partial charge in [-0.2, -0.15) is 0 Å². The van der Waals surface area contributed by atoms with Crippen molar-refractivity contribution in [3.05, 3.63) is 66.0 Å². The summed E-state index contributed by atoms with van der Waals surface area (Å²) >= 11 is 0. The first-order chi connectivity index (χ1) is 15.4. The molecule has 0 saturated heterocycles. The lowest BCUT2D eigenvalue weighted by molar-refractivity contribution is -0.274. The Morgan fingerprint density at radius 3 is 2.62 bits per heavy atom. The van der Waals surface area contributed by atoms with Crippen molar-refractivity contribution in [2.24, 2.45) is 11.8 Å². The van der Waals surface area contributed by atoms with E-state index in [1.165, 1.54) is 43.0 Å². The molecule has 1 unspecified atom stereocenters. The molecule has 1 aromatic carbocycles. The number of furan rings is 1. The Balaban J connectivity index is 1.40. The standard InChI is InChI=1S/C25H23F3N2O2/c1-15-9-10-17(13-19(15)16-5-4-6-16)20-14-29-24(30-20)23-12-11-21(31-23)18-7-2-3-8-22(18)32-25(26,27)28/h2-3,7-8,10-16H,4-6,9H2,1H3,(H,29,30). The van der Waals surface area contributed by atoms with Crippen LogP contribution in [0.2, 0.25) is 0 Å². The number of hydrogen-bond acceptors (Lipinski definition) is 3. The first kappa shape index (κ1) is 20.7. The van der Waals surface area contributed by atoms with Gasteiger partial charge in [-0.15, -0.1) is 13.2 Å². The number of halogens is 3. The number of aromatic amines is 1. The molecule has 1 fully saturated rings. The monoisotopic (exact) mass is 440 g/mol. The number of nitrogens with zero attached hydrogens (tertiary/aromatic N) is 1. The summed E-state index contributed by atoms with van der Waals surface area (Å²) in [5.74, 6) is 2.20. The highest BCUT2D eigenvalue weighted by Crippen LogP contribution is 2.42. The van der Waals surface area contributed by atoms with Crippen molar-refractivity contribution in [3.8, 4) is 28.7 Å². The fourth-order valence-electron chi connectivity index (χ4n) is 4.36. The predicted molar refractivity (Wildman–Crippen MR) is 116 cm³/mol. The molecule has 0 spiro atoms. The zero-order valence-electron chi connectivity index (χ0n) is 17.6. The summed E-state index contributed by atoms with van der Waals surface area (Å²) in [4.78, 5) is 7.74. The summed E-state index contributed by atoms with van der Waals surface area (Å²) < 4.78 is 48.2. The van der Waals surface area contributed by atoms with Gasteiger partial charge in [0.15, 0.2) is 11.6 Å². The second-order valence-corrected chi connectivity index (χ2v) is 8.42. The van der Waals surface area contributed by atoms with E-state index in [2.05, 4.69) is 33.8 Å². The van der Waals surface area contributed by atoms with Gasteiger partial charge >= 0.3 is 6.36 Å². The SMILES string of the molecule is CC1CC=C(c2cnc(-c3ccc(-c4ccccc4OC(F)(F)F)o3)[nH]2)C=C1C1CCC1. The summed E-state index contributed by atoms with van der Waals surface area (Å²) in [6.07, 6.45) is 6.36. The topological polar surface area (TPSA) is 51.1 Å². The molecule has 2 heterocycles. The fourth-order valence-corrected chi connectivity index (χ4v) is 4.36. The average molecular weight is 440 g/mol. The van der Waals surface area contributed by atoms with Gasteiger partial charge in [-0.25, -0.2) is 4.98 Å². The molecule has 4 nitrogen and oxygen atoms in total. The van der Waals surface area contributed by atoms with Crippen molar-refractivity contribution in [2.75, 3.05) is 0 Å². The molecule has 5 rings (SSSR count). The van der Waals surface area contributed by atoms with Gasteiger partial charge in [-0.3, -0.25) is 0 Å². The van der Waals surface area contributed by atoms with Crippen molar-refractivity contribution in [3.63, 3.8) is 0 Å². The van der Waals surface area contributed by atoms with Gasteiger partial charge in [-0.1, -0.05) is 43.2 Å². The Morgan fingerprint density at radius 2 is 1.88 bits per heavy atom. The zero-order chi connectivity index (χ0) is 22.3. The molecule has 1 atom stereocenters. The lowest BCUT2D eigenvalue weighted by atomic mass is 9.72. The van der Waals surface area contributed by atoms with Gasteiger partial charge in [0, 0.05) is 0 Å². The Kier molecular flexibility index (Phi) is 5.19. The van der Waals surface area contributed by atoms with Crippen molar-refractivity contribution in [1.82, 2.24) is 9.97 Å². The summed E-state index contributed by atoms with van der Waals surface area (Å²) in [5, 5.41) is 0. The number of aromatic nitrogens is 2. The molecule has 2 aliphatic carbocycles. The van der Waals surface area contributed by atoms with Crippen LogP contribution in [-0.4, -0.2) is 16.3 Å². The third-order valence-corrected chi connectivity index (χ3v) is 6.26.